The lowest BCUT2D eigenvalue weighted by atomic mass is 9.95. The molecule has 3 nitrogen and oxygen atoms in total. The molecule has 66 valence electrons. The van der Waals surface area contributed by atoms with E-state index in [2.05, 4.69) is 4.98 Å². The summed E-state index contributed by atoms with van der Waals surface area (Å²) in [5, 5.41) is 9.37. The molecule has 1 rings (SSSR count). The van der Waals surface area contributed by atoms with Gasteiger partial charge in [0, 0.05) is 24.9 Å². The molecule has 1 aromatic rings. The van der Waals surface area contributed by atoms with Crippen LogP contribution in [-0.4, -0.2) is 22.7 Å². The molecule has 0 aliphatic carbocycles. The molecule has 0 fully saturated rings. The largest absolute Gasteiger partial charge is 0.393 e. The van der Waals surface area contributed by atoms with Crippen LogP contribution in [0, 0.1) is 0 Å². The Morgan fingerprint density at radius 1 is 1.50 bits per heavy atom. The number of aromatic nitrogens is 1. The molecule has 2 unspecified atom stereocenters. The van der Waals surface area contributed by atoms with Gasteiger partial charge in [0.2, 0.25) is 0 Å². The van der Waals surface area contributed by atoms with Gasteiger partial charge in [0.1, 0.15) is 0 Å². The summed E-state index contributed by atoms with van der Waals surface area (Å²) < 4.78 is 0. The van der Waals surface area contributed by atoms with Crippen LogP contribution in [-0.2, 0) is 0 Å². The Balaban J connectivity index is 2.80. The van der Waals surface area contributed by atoms with Crippen molar-refractivity contribution in [1.29, 1.82) is 0 Å². The highest BCUT2D eigenvalue weighted by molar-refractivity contribution is 5.17. The number of hydrogen-bond acceptors (Lipinski definition) is 3. The van der Waals surface area contributed by atoms with Crippen molar-refractivity contribution in [3.8, 4) is 0 Å². The summed E-state index contributed by atoms with van der Waals surface area (Å²) in [5.74, 6) is 0.0213. The van der Waals surface area contributed by atoms with E-state index in [1.54, 1.807) is 19.3 Å². The van der Waals surface area contributed by atoms with Gasteiger partial charge in [-0.2, -0.15) is 0 Å². The molecule has 0 saturated carbocycles. The third kappa shape index (κ3) is 2.03. The number of nitrogens with two attached hydrogens (primary N) is 1. The Hall–Kier alpha value is -0.930. The Kier molecular flexibility index (Phi) is 3.19. The van der Waals surface area contributed by atoms with Crippen LogP contribution in [0.15, 0.2) is 24.5 Å². The van der Waals surface area contributed by atoms with Gasteiger partial charge >= 0.3 is 0 Å². The van der Waals surface area contributed by atoms with Crippen LogP contribution in [0.3, 0.4) is 0 Å². The van der Waals surface area contributed by atoms with Crippen molar-refractivity contribution in [2.24, 2.45) is 5.73 Å². The number of pyridine rings is 1. The van der Waals surface area contributed by atoms with Crippen molar-refractivity contribution >= 4 is 0 Å². The van der Waals surface area contributed by atoms with Gasteiger partial charge in [-0.25, -0.2) is 0 Å². The molecule has 1 heterocycles. The van der Waals surface area contributed by atoms with Crippen molar-refractivity contribution < 1.29 is 5.11 Å². The van der Waals surface area contributed by atoms with Crippen LogP contribution in [0.1, 0.15) is 18.4 Å². The van der Waals surface area contributed by atoms with Gasteiger partial charge < -0.3 is 10.8 Å². The highest BCUT2D eigenvalue weighted by Gasteiger charge is 2.14. The van der Waals surface area contributed by atoms with Crippen LogP contribution in [0.2, 0.25) is 0 Å². The monoisotopic (exact) mass is 166 g/mol. The summed E-state index contributed by atoms with van der Waals surface area (Å²) >= 11 is 0. The topological polar surface area (TPSA) is 59.1 Å². The molecule has 3 N–H and O–H groups in total. The van der Waals surface area contributed by atoms with Crippen molar-refractivity contribution in [3.63, 3.8) is 0 Å². The van der Waals surface area contributed by atoms with Crippen LogP contribution >= 0.6 is 0 Å². The molecule has 0 aromatic carbocycles. The highest BCUT2D eigenvalue weighted by Crippen LogP contribution is 2.16. The number of nitrogens with zero attached hydrogens (tertiary/aromatic N) is 1. The van der Waals surface area contributed by atoms with Crippen molar-refractivity contribution in [3.05, 3.63) is 30.1 Å². The summed E-state index contributed by atoms with van der Waals surface area (Å²) in [6.07, 6.45) is 3.01. The summed E-state index contributed by atoms with van der Waals surface area (Å²) in [4.78, 5) is 3.90. The van der Waals surface area contributed by atoms with Crippen molar-refractivity contribution in [2.75, 3.05) is 6.54 Å². The van der Waals surface area contributed by atoms with Gasteiger partial charge in [-0.05, 0) is 24.6 Å². The quantitative estimate of drug-likeness (QED) is 0.687. The lowest BCUT2D eigenvalue weighted by molar-refractivity contribution is 0.164. The molecule has 0 radical (unpaired) electrons. The van der Waals surface area contributed by atoms with Gasteiger partial charge in [0.25, 0.3) is 0 Å². The molecule has 0 aliphatic heterocycles. The molecular formula is C9H14N2O. The van der Waals surface area contributed by atoms with Gasteiger partial charge in [0.05, 0.1) is 6.10 Å². The first-order valence-corrected chi connectivity index (χ1v) is 4.03. The third-order valence-corrected chi connectivity index (χ3v) is 1.97. The first kappa shape index (κ1) is 9.16. The van der Waals surface area contributed by atoms with Crippen molar-refractivity contribution in [1.82, 2.24) is 4.98 Å². The Labute approximate surface area is 72.2 Å². The van der Waals surface area contributed by atoms with Gasteiger partial charge in [-0.3, -0.25) is 4.98 Å². The molecule has 0 aliphatic rings. The molecule has 2 atom stereocenters. The van der Waals surface area contributed by atoms with E-state index >= 15 is 0 Å². The van der Waals surface area contributed by atoms with E-state index in [0.29, 0.717) is 6.54 Å². The maximum atomic E-state index is 9.37. The first-order chi connectivity index (χ1) is 5.75. The molecule has 0 saturated heterocycles. The fourth-order valence-corrected chi connectivity index (χ4v) is 1.22. The minimum atomic E-state index is -0.405. The van der Waals surface area contributed by atoms with Crippen molar-refractivity contribution in [2.45, 2.75) is 18.9 Å². The summed E-state index contributed by atoms with van der Waals surface area (Å²) in [5.41, 5.74) is 6.57. The van der Waals surface area contributed by atoms with Crippen LogP contribution < -0.4 is 5.73 Å². The Morgan fingerprint density at radius 3 is 2.50 bits per heavy atom. The van der Waals surface area contributed by atoms with E-state index < -0.39 is 6.10 Å². The lowest BCUT2D eigenvalue weighted by Gasteiger charge is -2.17. The van der Waals surface area contributed by atoms with E-state index in [1.165, 1.54) is 0 Å². The lowest BCUT2D eigenvalue weighted by Crippen LogP contribution is -2.23. The van der Waals surface area contributed by atoms with Crippen LogP contribution in [0.5, 0.6) is 0 Å². The van der Waals surface area contributed by atoms with E-state index in [1.807, 2.05) is 12.1 Å². The smallest absolute Gasteiger partial charge is 0.0592 e. The van der Waals surface area contributed by atoms with E-state index in [9.17, 15) is 5.11 Å². The first-order valence-electron chi connectivity index (χ1n) is 4.03. The van der Waals surface area contributed by atoms with Gasteiger partial charge in [-0.15, -0.1) is 0 Å². The fourth-order valence-electron chi connectivity index (χ4n) is 1.22. The second kappa shape index (κ2) is 4.18. The number of aliphatic hydroxyl groups excluding tert-OH is 1. The zero-order valence-corrected chi connectivity index (χ0v) is 7.14. The second-order valence-corrected chi connectivity index (χ2v) is 2.86. The summed E-state index contributed by atoms with van der Waals surface area (Å²) in [6.45, 7) is 2.21. The molecule has 3 heteroatoms. The maximum absolute atomic E-state index is 9.37. The van der Waals surface area contributed by atoms with E-state index in [-0.39, 0.29) is 5.92 Å². The minimum Gasteiger partial charge on any atom is -0.393 e. The minimum absolute atomic E-state index is 0.0213. The molecule has 0 bridgehead atoms. The summed E-state index contributed by atoms with van der Waals surface area (Å²) in [6, 6.07) is 3.76. The predicted octanol–water partition coefficient (Wildman–Crippen LogP) is 0.505. The number of hydrogen-bond donors (Lipinski definition) is 2. The second-order valence-electron chi connectivity index (χ2n) is 2.86. The predicted molar refractivity (Wildman–Crippen MR) is 47.7 cm³/mol. The molecule has 0 amide bonds. The van der Waals surface area contributed by atoms with Gasteiger partial charge in [0.15, 0.2) is 0 Å². The Morgan fingerprint density at radius 2 is 2.08 bits per heavy atom. The fraction of sp³-hybridized carbons (Fsp3) is 0.444. The highest BCUT2D eigenvalue weighted by atomic mass is 16.3. The molecule has 1 aromatic heterocycles. The SMILES string of the molecule is CC(O)C(CN)c1ccncc1. The molecule has 12 heavy (non-hydrogen) atoms. The molecular weight excluding hydrogens is 152 g/mol. The normalized spacial score (nSPS) is 15.6. The van der Waals surface area contributed by atoms with Crippen LogP contribution in [0.4, 0.5) is 0 Å². The number of rotatable bonds is 3. The van der Waals surface area contributed by atoms with Gasteiger partial charge in [-0.1, -0.05) is 0 Å². The average molecular weight is 166 g/mol. The Bertz CT molecular complexity index is 223. The van der Waals surface area contributed by atoms with Crippen LogP contribution in [0.25, 0.3) is 0 Å². The van der Waals surface area contributed by atoms with E-state index in [4.69, 9.17) is 5.73 Å². The molecule has 0 spiro atoms. The number of aliphatic hydroxyl groups is 1. The maximum Gasteiger partial charge on any atom is 0.0592 e. The van der Waals surface area contributed by atoms with E-state index in [0.717, 1.165) is 5.56 Å². The average Bonchev–Trinajstić information content (AvgIpc) is 2.07. The summed E-state index contributed by atoms with van der Waals surface area (Å²) in [7, 11) is 0. The zero-order valence-electron chi connectivity index (χ0n) is 7.14. The third-order valence-electron chi connectivity index (χ3n) is 1.97. The zero-order chi connectivity index (χ0) is 8.97. The standard InChI is InChI=1S/C9H14N2O/c1-7(12)9(6-10)8-2-4-11-5-3-8/h2-5,7,9,12H,6,10H2,1H3.